The molecule has 0 spiro atoms. The summed E-state index contributed by atoms with van der Waals surface area (Å²) < 4.78 is 7.09. The summed E-state index contributed by atoms with van der Waals surface area (Å²) in [6, 6.07) is 11.7. The fourth-order valence-corrected chi connectivity index (χ4v) is 4.30. The zero-order valence-electron chi connectivity index (χ0n) is 16.9. The van der Waals surface area contributed by atoms with Gasteiger partial charge < -0.3 is 4.74 Å². The number of amides is 1. The Morgan fingerprint density at radius 1 is 1.32 bits per heavy atom. The van der Waals surface area contributed by atoms with E-state index in [4.69, 9.17) is 4.74 Å². The molecule has 1 aliphatic rings. The average Bonchev–Trinajstić information content (AvgIpc) is 3.35. The van der Waals surface area contributed by atoms with Crippen molar-refractivity contribution in [1.82, 2.24) is 19.6 Å². The van der Waals surface area contributed by atoms with E-state index in [-0.39, 0.29) is 5.91 Å². The molecular weight excluding hydrogens is 412 g/mol. The van der Waals surface area contributed by atoms with E-state index in [1.165, 1.54) is 11.3 Å². The van der Waals surface area contributed by atoms with E-state index >= 15 is 0 Å². The summed E-state index contributed by atoms with van der Waals surface area (Å²) in [5.41, 5.74) is 3.04. The first-order valence-electron chi connectivity index (χ1n) is 9.72. The summed E-state index contributed by atoms with van der Waals surface area (Å²) in [7, 11) is 1.60. The van der Waals surface area contributed by atoms with Crippen molar-refractivity contribution in [3.05, 3.63) is 59.7 Å². The van der Waals surface area contributed by atoms with Crippen molar-refractivity contribution >= 4 is 27.3 Å². The number of hydrogen-bond donors (Lipinski definition) is 1. The van der Waals surface area contributed by atoms with Crippen LogP contribution in [-0.2, 0) is 5.41 Å². The molecule has 154 valence electrons. The molecule has 3 heterocycles. The number of para-hydroxylation sites is 1. The van der Waals surface area contributed by atoms with Gasteiger partial charge in [0.25, 0.3) is 5.91 Å². The Kier molecular flexibility index (Phi) is 4.45. The van der Waals surface area contributed by atoms with Gasteiger partial charge in [0.05, 0.1) is 30.6 Å². The lowest BCUT2D eigenvalue weighted by molar-refractivity contribution is 0.102. The van der Waals surface area contributed by atoms with Gasteiger partial charge in [-0.15, -0.1) is 5.10 Å². The van der Waals surface area contributed by atoms with Gasteiger partial charge in [-0.2, -0.15) is 5.26 Å². The molecule has 1 fully saturated rings. The van der Waals surface area contributed by atoms with Crippen LogP contribution < -0.4 is 10.1 Å². The number of methoxy groups -OCH3 is 1. The first kappa shape index (κ1) is 19.2. The molecule has 4 aromatic rings. The van der Waals surface area contributed by atoms with Gasteiger partial charge in [0.1, 0.15) is 11.2 Å². The second-order valence-electron chi connectivity index (χ2n) is 7.48. The number of fused-ring (bicyclic) bond motifs is 1. The Balaban J connectivity index is 1.46. The maximum Gasteiger partial charge on any atom is 0.259 e. The SMILES string of the molecule is COc1ccccc1-c1cc(C)ncc1C(=O)Nc1nn2cc(C3(C#N)CC3)nc2s1. The molecule has 1 saturated carbocycles. The van der Waals surface area contributed by atoms with Crippen LogP contribution in [0.2, 0.25) is 0 Å². The Labute approximate surface area is 182 Å². The number of nitrogens with zero attached hydrogens (tertiary/aromatic N) is 5. The van der Waals surface area contributed by atoms with Crippen molar-refractivity contribution < 1.29 is 9.53 Å². The Morgan fingerprint density at radius 2 is 2.13 bits per heavy atom. The number of aromatic nitrogens is 4. The van der Waals surface area contributed by atoms with Crippen LogP contribution in [0.15, 0.2) is 42.7 Å². The molecule has 8 nitrogen and oxygen atoms in total. The van der Waals surface area contributed by atoms with Crippen LogP contribution in [0, 0.1) is 18.3 Å². The lowest BCUT2D eigenvalue weighted by Gasteiger charge is -2.13. The summed E-state index contributed by atoms with van der Waals surface area (Å²) >= 11 is 1.26. The monoisotopic (exact) mass is 430 g/mol. The van der Waals surface area contributed by atoms with Crippen molar-refractivity contribution in [2.24, 2.45) is 0 Å². The van der Waals surface area contributed by atoms with Crippen molar-refractivity contribution in [1.29, 1.82) is 5.26 Å². The molecule has 5 rings (SSSR count). The first-order valence-corrected chi connectivity index (χ1v) is 10.5. The molecule has 31 heavy (non-hydrogen) atoms. The molecule has 9 heteroatoms. The highest BCUT2D eigenvalue weighted by atomic mass is 32.1. The maximum atomic E-state index is 13.1. The van der Waals surface area contributed by atoms with E-state index in [0.717, 1.165) is 35.4 Å². The molecule has 0 atom stereocenters. The zero-order chi connectivity index (χ0) is 21.6. The quantitative estimate of drug-likeness (QED) is 0.513. The van der Waals surface area contributed by atoms with Crippen molar-refractivity contribution in [3.63, 3.8) is 0 Å². The van der Waals surface area contributed by atoms with Gasteiger partial charge in [-0.05, 0) is 31.9 Å². The number of carbonyl (C=O) groups is 1. The molecule has 1 aromatic carbocycles. The van der Waals surface area contributed by atoms with E-state index in [2.05, 4.69) is 26.5 Å². The van der Waals surface area contributed by atoms with E-state index in [0.29, 0.717) is 21.4 Å². The van der Waals surface area contributed by atoms with Crippen LogP contribution in [0.3, 0.4) is 0 Å². The molecular formula is C22H18N6O2S. The van der Waals surface area contributed by atoms with Crippen LogP contribution in [-0.4, -0.2) is 32.6 Å². The largest absolute Gasteiger partial charge is 0.496 e. The van der Waals surface area contributed by atoms with Crippen molar-refractivity contribution in [2.75, 3.05) is 12.4 Å². The summed E-state index contributed by atoms with van der Waals surface area (Å²) in [5.74, 6) is 0.357. The lowest BCUT2D eigenvalue weighted by Crippen LogP contribution is -2.14. The van der Waals surface area contributed by atoms with Gasteiger partial charge in [-0.1, -0.05) is 29.5 Å². The number of pyridine rings is 1. The van der Waals surface area contributed by atoms with Gasteiger partial charge in [-0.25, -0.2) is 9.50 Å². The average molecular weight is 430 g/mol. The van der Waals surface area contributed by atoms with Crippen LogP contribution in [0.25, 0.3) is 16.1 Å². The van der Waals surface area contributed by atoms with E-state index in [1.807, 2.05) is 37.3 Å². The Bertz CT molecular complexity index is 1330. The van der Waals surface area contributed by atoms with Gasteiger partial charge in [0.2, 0.25) is 10.1 Å². The predicted molar refractivity (Wildman–Crippen MR) is 116 cm³/mol. The predicted octanol–water partition coefficient (Wildman–Crippen LogP) is 3.98. The summed E-state index contributed by atoms with van der Waals surface area (Å²) in [5, 5.41) is 17.0. The second kappa shape index (κ2) is 7.18. The summed E-state index contributed by atoms with van der Waals surface area (Å²) in [6.07, 6.45) is 4.98. The van der Waals surface area contributed by atoms with Crippen LogP contribution in [0.1, 0.15) is 34.6 Å². The highest BCUT2D eigenvalue weighted by Gasteiger charge is 2.47. The van der Waals surface area contributed by atoms with Crippen molar-refractivity contribution in [2.45, 2.75) is 25.2 Å². The number of rotatable bonds is 5. The third-order valence-electron chi connectivity index (χ3n) is 5.40. The minimum atomic E-state index is -0.464. The van der Waals surface area contributed by atoms with E-state index in [9.17, 15) is 10.1 Å². The number of hydrogen-bond acceptors (Lipinski definition) is 7. The highest BCUT2D eigenvalue weighted by Crippen LogP contribution is 2.47. The third-order valence-corrected chi connectivity index (χ3v) is 6.24. The lowest BCUT2D eigenvalue weighted by atomic mass is 9.99. The molecule has 1 aliphatic carbocycles. The molecule has 0 bridgehead atoms. The number of anilines is 1. The number of nitriles is 1. The number of nitrogens with one attached hydrogen (secondary N) is 1. The number of carbonyl (C=O) groups excluding carboxylic acids is 1. The van der Waals surface area contributed by atoms with Crippen LogP contribution >= 0.6 is 11.3 Å². The topological polar surface area (TPSA) is 105 Å². The normalized spacial score (nSPS) is 14.2. The number of ether oxygens (including phenoxy) is 1. The molecule has 0 radical (unpaired) electrons. The Morgan fingerprint density at radius 3 is 2.84 bits per heavy atom. The smallest absolute Gasteiger partial charge is 0.259 e. The molecule has 1 amide bonds. The fraction of sp³-hybridized carbons (Fsp3) is 0.227. The van der Waals surface area contributed by atoms with Gasteiger partial charge in [0.15, 0.2) is 0 Å². The molecule has 0 saturated heterocycles. The Hall–Kier alpha value is -3.77. The van der Waals surface area contributed by atoms with E-state index < -0.39 is 5.41 Å². The molecule has 1 N–H and O–H groups in total. The summed E-state index contributed by atoms with van der Waals surface area (Å²) in [6.45, 7) is 1.88. The first-order chi connectivity index (χ1) is 15.0. The zero-order valence-corrected chi connectivity index (χ0v) is 17.7. The highest BCUT2D eigenvalue weighted by molar-refractivity contribution is 7.20. The van der Waals surface area contributed by atoms with Gasteiger partial charge in [-0.3, -0.25) is 15.1 Å². The van der Waals surface area contributed by atoms with E-state index in [1.54, 1.807) is 24.0 Å². The van der Waals surface area contributed by atoms with Gasteiger partial charge in [0, 0.05) is 23.0 Å². The molecule has 0 unspecified atom stereocenters. The van der Waals surface area contributed by atoms with Gasteiger partial charge >= 0.3 is 0 Å². The third kappa shape index (κ3) is 3.31. The van der Waals surface area contributed by atoms with Crippen LogP contribution in [0.4, 0.5) is 5.13 Å². The number of aryl methyl sites for hydroxylation is 1. The van der Waals surface area contributed by atoms with Crippen molar-refractivity contribution in [3.8, 4) is 22.9 Å². The maximum absolute atomic E-state index is 13.1. The minimum Gasteiger partial charge on any atom is -0.496 e. The second-order valence-corrected chi connectivity index (χ2v) is 8.44. The molecule has 3 aromatic heterocycles. The number of benzene rings is 1. The fourth-order valence-electron chi connectivity index (χ4n) is 3.53. The minimum absolute atomic E-state index is 0.318. The number of imidazole rings is 1. The summed E-state index contributed by atoms with van der Waals surface area (Å²) in [4.78, 5) is 22.6. The molecule has 0 aliphatic heterocycles. The van der Waals surface area contributed by atoms with Crippen LogP contribution in [0.5, 0.6) is 5.75 Å². The standard InChI is InChI=1S/C22H18N6O2S/c1-13-9-15(14-5-3-4-6-17(14)30-2)16(10-24-13)19(29)26-20-27-28-11-18(25-21(28)31-20)22(12-23)7-8-22/h3-6,9-11H,7-8H2,1-2H3,(H,26,27,29).